The summed E-state index contributed by atoms with van der Waals surface area (Å²) in [6.45, 7) is 2.29. The molecule has 0 spiro atoms. The smallest absolute Gasteiger partial charge is 0.326 e. The number of hydrogen-bond acceptors (Lipinski definition) is 4. The first-order valence-corrected chi connectivity index (χ1v) is 8.16. The molecule has 0 radical (unpaired) electrons. The van der Waals surface area contributed by atoms with Crippen LogP contribution < -0.4 is 5.32 Å². The standard InChI is InChI=1S/C11H20N2O5S/c1-2-4-9(10(14)15)12-11(16)13-5-3-7-19(17,18)8-6-13/h9H,2-8H2,1H3,(H,12,16)(H,14,15). The molecular weight excluding hydrogens is 272 g/mol. The fourth-order valence-electron chi connectivity index (χ4n) is 1.93. The highest BCUT2D eigenvalue weighted by atomic mass is 32.2. The minimum atomic E-state index is -3.08. The van der Waals surface area contributed by atoms with Crippen LogP contribution in [0, 0.1) is 0 Å². The Morgan fingerprint density at radius 2 is 2.00 bits per heavy atom. The molecule has 0 bridgehead atoms. The van der Waals surface area contributed by atoms with Gasteiger partial charge in [-0.25, -0.2) is 18.0 Å². The number of hydrogen-bond donors (Lipinski definition) is 2. The van der Waals surface area contributed by atoms with Crippen LogP contribution in [0.5, 0.6) is 0 Å². The van der Waals surface area contributed by atoms with Gasteiger partial charge in [-0.1, -0.05) is 13.3 Å². The largest absolute Gasteiger partial charge is 0.480 e. The molecule has 2 amide bonds. The summed E-state index contributed by atoms with van der Waals surface area (Å²) < 4.78 is 22.8. The molecule has 2 N–H and O–H groups in total. The topological polar surface area (TPSA) is 104 Å². The summed E-state index contributed by atoms with van der Waals surface area (Å²) in [5.74, 6) is -1.06. The molecule has 0 saturated carbocycles. The lowest BCUT2D eigenvalue weighted by atomic mass is 10.2. The number of rotatable bonds is 4. The molecule has 0 aromatic heterocycles. The number of carbonyl (C=O) groups excluding carboxylic acids is 1. The van der Waals surface area contributed by atoms with Gasteiger partial charge in [0.25, 0.3) is 0 Å². The van der Waals surface area contributed by atoms with Gasteiger partial charge in [-0.15, -0.1) is 0 Å². The van der Waals surface area contributed by atoms with E-state index in [-0.39, 0.29) is 18.1 Å². The summed E-state index contributed by atoms with van der Waals surface area (Å²) in [6.07, 6.45) is 1.39. The number of carboxylic acids is 1. The predicted octanol–water partition coefficient (Wildman–Crippen LogP) is 0.0698. The maximum absolute atomic E-state index is 11.9. The number of nitrogens with zero attached hydrogens (tertiary/aromatic N) is 1. The summed E-state index contributed by atoms with van der Waals surface area (Å²) in [4.78, 5) is 24.2. The predicted molar refractivity (Wildman–Crippen MR) is 69.7 cm³/mol. The van der Waals surface area contributed by atoms with Crippen molar-refractivity contribution in [3.63, 3.8) is 0 Å². The van der Waals surface area contributed by atoms with Gasteiger partial charge in [-0.05, 0) is 12.8 Å². The summed E-state index contributed by atoms with van der Waals surface area (Å²) in [5, 5.41) is 11.4. The van der Waals surface area contributed by atoms with E-state index >= 15 is 0 Å². The van der Waals surface area contributed by atoms with Crippen LogP contribution in [0.2, 0.25) is 0 Å². The van der Waals surface area contributed by atoms with Gasteiger partial charge in [0.15, 0.2) is 9.84 Å². The lowest BCUT2D eigenvalue weighted by Gasteiger charge is -2.23. The van der Waals surface area contributed by atoms with Gasteiger partial charge in [-0.3, -0.25) is 0 Å². The Morgan fingerprint density at radius 3 is 2.58 bits per heavy atom. The van der Waals surface area contributed by atoms with Crippen LogP contribution in [0.3, 0.4) is 0 Å². The second-order valence-electron chi connectivity index (χ2n) is 4.62. The Bertz CT molecular complexity index is 434. The van der Waals surface area contributed by atoms with E-state index in [0.717, 1.165) is 0 Å². The number of amides is 2. The monoisotopic (exact) mass is 292 g/mol. The zero-order valence-electron chi connectivity index (χ0n) is 11.0. The first kappa shape index (κ1) is 15.7. The van der Waals surface area contributed by atoms with Crippen LogP contribution in [0.15, 0.2) is 0 Å². The van der Waals surface area contributed by atoms with E-state index < -0.39 is 27.9 Å². The highest BCUT2D eigenvalue weighted by molar-refractivity contribution is 7.91. The Morgan fingerprint density at radius 1 is 1.32 bits per heavy atom. The molecule has 19 heavy (non-hydrogen) atoms. The molecule has 1 heterocycles. The highest BCUT2D eigenvalue weighted by Crippen LogP contribution is 2.06. The summed E-state index contributed by atoms with van der Waals surface area (Å²) in [6, 6.07) is -1.42. The fraction of sp³-hybridized carbons (Fsp3) is 0.818. The minimum absolute atomic E-state index is 0.0636. The van der Waals surface area contributed by atoms with Gasteiger partial charge < -0.3 is 15.3 Å². The zero-order chi connectivity index (χ0) is 14.5. The second-order valence-corrected chi connectivity index (χ2v) is 6.93. The van der Waals surface area contributed by atoms with Crippen LogP contribution in [-0.2, 0) is 14.6 Å². The van der Waals surface area contributed by atoms with E-state index in [9.17, 15) is 18.0 Å². The Balaban J connectivity index is 2.59. The Kier molecular flexibility index (Phi) is 5.59. The molecule has 1 aliphatic heterocycles. The van der Waals surface area contributed by atoms with Gasteiger partial charge >= 0.3 is 12.0 Å². The van der Waals surface area contributed by atoms with Crippen LogP contribution in [0.25, 0.3) is 0 Å². The summed E-state index contributed by atoms with van der Waals surface area (Å²) in [7, 11) is -3.08. The molecule has 110 valence electrons. The average molecular weight is 292 g/mol. The molecule has 1 rings (SSSR count). The molecule has 1 fully saturated rings. The van der Waals surface area contributed by atoms with Gasteiger partial charge in [-0.2, -0.15) is 0 Å². The van der Waals surface area contributed by atoms with Crippen molar-refractivity contribution in [3.8, 4) is 0 Å². The maximum Gasteiger partial charge on any atom is 0.326 e. The maximum atomic E-state index is 11.9. The van der Waals surface area contributed by atoms with Crippen molar-refractivity contribution in [3.05, 3.63) is 0 Å². The lowest BCUT2D eigenvalue weighted by molar-refractivity contribution is -0.139. The van der Waals surface area contributed by atoms with Crippen LogP contribution in [0.1, 0.15) is 26.2 Å². The van der Waals surface area contributed by atoms with E-state index in [4.69, 9.17) is 5.11 Å². The molecule has 0 aliphatic carbocycles. The third-order valence-electron chi connectivity index (χ3n) is 3.02. The van der Waals surface area contributed by atoms with Crippen molar-refractivity contribution in [1.82, 2.24) is 10.2 Å². The van der Waals surface area contributed by atoms with E-state index in [2.05, 4.69) is 5.32 Å². The van der Waals surface area contributed by atoms with Crippen LogP contribution in [-0.4, -0.2) is 61.1 Å². The number of carbonyl (C=O) groups is 2. The molecule has 1 saturated heterocycles. The van der Waals surface area contributed by atoms with Crippen molar-refractivity contribution in [1.29, 1.82) is 0 Å². The third-order valence-corrected chi connectivity index (χ3v) is 4.73. The lowest BCUT2D eigenvalue weighted by Crippen LogP contribution is -2.48. The fourth-order valence-corrected chi connectivity index (χ4v) is 3.20. The quantitative estimate of drug-likeness (QED) is 0.763. The molecule has 1 unspecified atom stereocenters. The number of sulfone groups is 1. The Hall–Kier alpha value is -1.31. The van der Waals surface area contributed by atoms with E-state index in [1.165, 1.54) is 4.90 Å². The van der Waals surface area contributed by atoms with Crippen LogP contribution in [0.4, 0.5) is 4.79 Å². The van der Waals surface area contributed by atoms with Crippen LogP contribution >= 0.6 is 0 Å². The molecule has 8 heteroatoms. The normalized spacial score (nSPS) is 20.4. The van der Waals surface area contributed by atoms with Crippen molar-refractivity contribution in [2.75, 3.05) is 24.6 Å². The van der Waals surface area contributed by atoms with Gasteiger partial charge in [0.2, 0.25) is 0 Å². The zero-order valence-corrected chi connectivity index (χ0v) is 11.8. The molecule has 0 aromatic carbocycles. The average Bonchev–Trinajstić information content (AvgIpc) is 2.49. The SMILES string of the molecule is CCCC(NC(=O)N1CCCS(=O)(=O)CC1)C(=O)O. The molecule has 0 aromatic rings. The highest BCUT2D eigenvalue weighted by Gasteiger charge is 2.25. The van der Waals surface area contributed by atoms with E-state index in [1.807, 2.05) is 6.92 Å². The second kappa shape index (κ2) is 6.74. The number of nitrogens with one attached hydrogen (secondary N) is 1. The van der Waals surface area contributed by atoms with E-state index in [0.29, 0.717) is 25.8 Å². The number of aliphatic carboxylic acids is 1. The van der Waals surface area contributed by atoms with Crippen molar-refractivity contribution < 1.29 is 23.1 Å². The van der Waals surface area contributed by atoms with Crippen molar-refractivity contribution in [2.45, 2.75) is 32.2 Å². The van der Waals surface area contributed by atoms with Gasteiger partial charge in [0, 0.05) is 13.1 Å². The van der Waals surface area contributed by atoms with Crippen molar-refractivity contribution >= 4 is 21.8 Å². The number of carboxylic acid groups (broad SMARTS) is 1. The molecule has 1 aliphatic rings. The summed E-state index contributed by atoms with van der Waals surface area (Å²) >= 11 is 0. The van der Waals surface area contributed by atoms with Crippen molar-refractivity contribution in [2.24, 2.45) is 0 Å². The third kappa shape index (κ3) is 5.06. The van der Waals surface area contributed by atoms with Gasteiger partial charge in [0.1, 0.15) is 6.04 Å². The molecular formula is C11H20N2O5S. The first-order valence-electron chi connectivity index (χ1n) is 6.34. The van der Waals surface area contributed by atoms with Gasteiger partial charge in [0.05, 0.1) is 11.5 Å². The summed E-state index contributed by atoms with van der Waals surface area (Å²) in [5.41, 5.74) is 0. The minimum Gasteiger partial charge on any atom is -0.480 e. The molecule has 7 nitrogen and oxygen atoms in total. The number of urea groups is 1. The Labute approximate surface area is 112 Å². The van der Waals surface area contributed by atoms with E-state index in [1.54, 1.807) is 0 Å². The first-order chi connectivity index (χ1) is 8.85. The molecule has 1 atom stereocenters.